The van der Waals surface area contributed by atoms with Gasteiger partial charge in [-0.2, -0.15) is 0 Å². The Kier molecular flexibility index (Phi) is 3.78. The third kappa shape index (κ3) is 3.16. The molecule has 0 spiro atoms. The van der Waals surface area contributed by atoms with Crippen LogP contribution in [0.3, 0.4) is 0 Å². The molecule has 1 saturated heterocycles. The van der Waals surface area contributed by atoms with Crippen LogP contribution < -0.4 is 10.2 Å². The van der Waals surface area contributed by atoms with Crippen LogP contribution in [0.1, 0.15) is 10.5 Å². The number of aryl methyl sites for hydroxylation is 1. The van der Waals surface area contributed by atoms with Crippen molar-refractivity contribution in [2.24, 2.45) is 7.05 Å². The second-order valence-corrected chi connectivity index (χ2v) is 4.73. The van der Waals surface area contributed by atoms with Crippen LogP contribution in [0.2, 0.25) is 0 Å². The molecule has 0 unspecified atom stereocenters. The van der Waals surface area contributed by atoms with Crippen LogP contribution in [0.5, 0.6) is 0 Å². The summed E-state index contributed by atoms with van der Waals surface area (Å²) in [6, 6.07) is 3.67. The van der Waals surface area contributed by atoms with Crippen LogP contribution in [0.15, 0.2) is 24.5 Å². The van der Waals surface area contributed by atoms with E-state index in [0.717, 1.165) is 18.8 Å². The number of aromatic nitrogens is 4. The number of amides is 1. The Hall–Kier alpha value is -2.48. The lowest BCUT2D eigenvalue weighted by Gasteiger charge is -2.28. The molecule has 1 N–H and O–H groups in total. The highest BCUT2D eigenvalue weighted by Crippen LogP contribution is 2.16. The Bertz CT molecular complexity index is 635. The van der Waals surface area contributed by atoms with Crippen molar-refractivity contribution in [3.63, 3.8) is 0 Å². The SMILES string of the molecule is Cn1cc(NC(=O)c2cc(N3CCOCC3)ccn2)nn1. The molecule has 110 valence electrons. The van der Waals surface area contributed by atoms with Gasteiger partial charge < -0.3 is 15.0 Å². The van der Waals surface area contributed by atoms with Crippen LogP contribution >= 0.6 is 0 Å². The average molecular weight is 288 g/mol. The van der Waals surface area contributed by atoms with Gasteiger partial charge in [-0.05, 0) is 12.1 Å². The van der Waals surface area contributed by atoms with Crippen LogP contribution in [0.25, 0.3) is 0 Å². The van der Waals surface area contributed by atoms with E-state index in [4.69, 9.17) is 4.74 Å². The van der Waals surface area contributed by atoms with Gasteiger partial charge in [0.05, 0.1) is 19.4 Å². The summed E-state index contributed by atoms with van der Waals surface area (Å²) in [5.41, 5.74) is 1.32. The minimum atomic E-state index is -0.300. The number of nitrogens with zero attached hydrogens (tertiary/aromatic N) is 5. The Morgan fingerprint density at radius 2 is 2.19 bits per heavy atom. The van der Waals surface area contributed by atoms with Gasteiger partial charge in [0.2, 0.25) is 0 Å². The monoisotopic (exact) mass is 288 g/mol. The van der Waals surface area contributed by atoms with E-state index in [-0.39, 0.29) is 5.91 Å². The lowest BCUT2D eigenvalue weighted by Crippen LogP contribution is -2.36. The fraction of sp³-hybridized carbons (Fsp3) is 0.385. The summed E-state index contributed by atoms with van der Waals surface area (Å²) in [4.78, 5) is 18.4. The van der Waals surface area contributed by atoms with E-state index >= 15 is 0 Å². The molecule has 1 aliphatic rings. The molecule has 21 heavy (non-hydrogen) atoms. The Morgan fingerprint density at radius 1 is 1.38 bits per heavy atom. The van der Waals surface area contributed by atoms with Crippen molar-refractivity contribution in [1.82, 2.24) is 20.0 Å². The van der Waals surface area contributed by atoms with E-state index in [2.05, 4.69) is 25.5 Å². The summed E-state index contributed by atoms with van der Waals surface area (Å²) in [6.07, 6.45) is 3.26. The molecular formula is C13H16N6O2. The quantitative estimate of drug-likeness (QED) is 0.874. The van der Waals surface area contributed by atoms with Crippen molar-refractivity contribution in [2.75, 3.05) is 36.5 Å². The molecule has 8 nitrogen and oxygen atoms in total. The first-order valence-electron chi connectivity index (χ1n) is 6.69. The van der Waals surface area contributed by atoms with Gasteiger partial charge in [-0.15, -0.1) is 5.10 Å². The van der Waals surface area contributed by atoms with Crippen molar-refractivity contribution in [2.45, 2.75) is 0 Å². The first kappa shape index (κ1) is 13.5. The molecule has 0 aromatic carbocycles. The molecule has 0 saturated carbocycles. The summed E-state index contributed by atoms with van der Waals surface area (Å²) in [7, 11) is 1.74. The topological polar surface area (TPSA) is 85.2 Å². The summed E-state index contributed by atoms with van der Waals surface area (Å²) < 4.78 is 6.85. The van der Waals surface area contributed by atoms with Gasteiger partial charge >= 0.3 is 0 Å². The van der Waals surface area contributed by atoms with E-state index < -0.39 is 0 Å². The molecule has 0 bridgehead atoms. The number of hydrogen-bond acceptors (Lipinski definition) is 6. The predicted octanol–water partition coefficient (Wildman–Crippen LogP) is 0.299. The zero-order valence-corrected chi connectivity index (χ0v) is 11.7. The normalized spacial score (nSPS) is 15.0. The standard InChI is InChI=1S/C13H16N6O2/c1-18-9-12(16-17-18)15-13(20)11-8-10(2-3-14-11)19-4-6-21-7-5-19/h2-3,8-9H,4-7H2,1H3,(H,15,20). The highest BCUT2D eigenvalue weighted by molar-refractivity contribution is 6.02. The summed E-state index contributed by atoms with van der Waals surface area (Å²) in [5, 5.41) is 10.3. The van der Waals surface area contributed by atoms with E-state index in [1.807, 2.05) is 6.07 Å². The van der Waals surface area contributed by atoms with Crippen molar-refractivity contribution >= 4 is 17.4 Å². The molecule has 2 aromatic heterocycles. The summed E-state index contributed by atoms with van der Waals surface area (Å²) >= 11 is 0. The van der Waals surface area contributed by atoms with Crippen molar-refractivity contribution < 1.29 is 9.53 Å². The number of nitrogens with one attached hydrogen (secondary N) is 1. The number of ether oxygens (including phenoxy) is 1. The first-order valence-corrected chi connectivity index (χ1v) is 6.69. The van der Waals surface area contributed by atoms with Crippen LogP contribution in [0, 0.1) is 0 Å². The Morgan fingerprint density at radius 3 is 2.90 bits per heavy atom. The van der Waals surface area contributed by atoms with Crippen molar-refractivity contribution in [3.8, 4) is 0 Å². The molecule has 3 heterocycles. The zero-order valence-electron chi connectivity index (χ0n) is 11.7. The minimum absolute atomic E-state index is 0.300. The number of carbonyl (C=O) groups is 1. The van der Waals surface area contributed by atoms with Crippen LogP contribution in [-0.4, -0.2) is 52.2 Å². The van der Waals surface area contributed by atoms with E-state index in [0.29, 0.717) is 24.7 Å². The predicted molar refractivity (Wildman–Crippen MR) is 76.2 cm³/mol. The van der Waals surface area contributed by atoms with E-state index in [9.17, 15) is 4.79 Å². The number of carbonyl (C=O) groups excluding carboxylic acids is 1. The molecule has 3 rings (SSSR count). The number of hydrogen-bond donors (Lipinski definition) is 1. The van der Waals surface area contributed by atoms with Gasteiger partial charge in [0, 0.05) is 32.0 Å². The smallest absolute Gasteiger partial charge is 0.275 e. The molecule has 0 aliphatic carbocycles. The maximum atomic E-state index is 12.2. The third-order valence-electron chi connectivity index (χ3n) is 3.20. The average Bonchev–Trinajstić information content (AvgIpc) is 2.93. The summed E-state index contributed by atoms with van der Waals surface area (Å²) in [6.45, 7) is 3.03. The molecule has 8 heteroatoms. The van der Waals surface area contributed by atoms with Gasteiger partial charge in [0.25, 0.3) is 5.91 Å². The van der Waals surface area contributed by atoms with Crippen LogP contribution in [0.4, 0.5) is 11.5 Å². The first-order chi connectivity index (χ1) is 10.2. The third-order valence-corrected chi connectivity index (χ3v) is 3.20. The van der Waals surface area contributed by atoms with Crippen LogP contribution in [-0.2, 0) is 11.8 Å². The van der Waals surface area contributed by atoms with E-state index in [1.165, 1.54) is 4.68 Å². The number of morpholine rings is 1. The molecule has 0 atom stereocenters. The fourth-order valence-electron chi connectivity index (χ4n) is 2.15. The molecule has 1 aliphatic heterocycles. The maximum absolute atomic E-state index is 12.2. The second kappa shape index (κ2) is 5.88. The maximum Gasteiger partial charge on any atom is 0.275 e. The van der Waals surface area contributed by atoms with Gasteiger partial charge in [-0.3, -0.25) is 14.5 Å². The van der Waals surface area contributed by atoms with Gasteiger partial charge in [0.1, 0.15) is 5.69 Å². The Labute approximate surface area is 121 Å². The van der Waals surface area contributed by atoms with Gasteiger partial charge in [0.15, 0.2) is 5.82 Å². The molecule has 1 fully saturated rings. The highest BCUT2D eigenvalue weighted by atomic mass is 16.5. The molecule has 0 radical (unpaired) electrons. The molecule has 1 amide bonds. The largest absolute Gasteiger partial charge is 0.378 e. The minimum Gasteiger partial charge on any atom is -0.378 e. The van der Waals surface area contributed by atoms with Crippen molar-refractivity contribution in [1.29, 1.82) is 0 Å². The van der Waals surface area contributed by atoms with Crippen molar-refractivity contribution in [3.05, 3.63) is 30.2 Å². The zero-order chi connectivity index (χ0) is 14.7. The Balaban J connectivity index is 1.74. The summed E-state index contributed by atoms with van der Waals surface area (Å²) in [5.74, 6) is 0.103. The number of rotatable bonds is 3. The van der Waals surface area contributed by atoms with Gasteiger partial charge in [-0.1, -0.05) is 5.21 Å². The lowest BCUT2D eigenvalue weighted by molar-refractivity contribution is 0.102. The van der Waals surface area contributed by atoms with E-state index in [1.54, 1.807) is 25.5 Å². The van der Waals surface area contributed by atoms with Gasteiger partial charge in [-0.25, -0.2) is 0 Å². The second-order valence-electron chi connectivity index (χ2n) is 4.73. The lowest BCUT2D eigenvalue weighted by atomic mass is 10.2. The fourth-order valence-corrected chi connectivity index (χ4v) is 2.15. The number of pyridine rings is 1. The highest BCUT2D eigenvalue weighted by Gasteiger charge is 2.15. The molecular weight excluding hydrogens is 272 g/mol. The molecule has 2 aromatic rings. The number of anilines is 2.